The van der Waals surface area contributed by atoms with Gasteiger partial charge in [-0.1, -0.05) is 35.9 Å². The molecule has 384 valence electrons. The highest BCUT2D eigenvalue weighted by atomic mass is 35.5. The van der Waals surface area contributed by atoms with Crippen LogP contribution >= 0.6 is 11.6 Å². The van der Waals surface area contributed by atoms with Crippen LogP contribution in [-0.4, -0.2) is 6.36 Å². The molecule has 16 heteroatoms. The molecule has 0 spiro atoms. The standard InChI is InChI=1S/C12H18.C9H8F4O.C9H8F4.C8H8ClF.C8H7F3.C8H8F2/c1-7-8(2)10(4)12(6)11(5)9(7)3;1-5-3-4-7(8(10)6(5)2)14-9(11,12)13;1-5-3-4-7(9(11,12)13)8(10)6(5)2;1-5-3-4-7(9)8(10)6(5)2;1-4-3-6(9)8(11)7(10)5(4)2;1-5-3-4-7(9)8(10)6(5)2/h1-6H3;3-4H,1-2H3;3-4H,1-2H3;3-4H,1-2H3;3H,1-2H3;3-4H,1-2H3. The van der Waals surface area contributed by atoms with Crippen molar-refractivity contribution in [1.29, 1.82) is 0 Å². The SMILES string of the molecule is Cc1c(C)c(C)c(C)c(C)c1C.Cc1cc(F)c(F)c(F)c1C.Cc1ccc(C(F)(F)F)c(F)c1C.Cc1ccc(Cl)c(F)c1C.Cc1ccc(F)c(F)c1C.Cc1ccc(OC(F)(F)F)c(F)c1C. The lowest BCUT2D eigenvalue weighted by atomic mass is 9.90. The molecule has 0 saturated carbocycles. The number of halogens is 15. The van der Waals surface area contributed by atoms with Crippen LogP contribution in [0.1, 0.15) is 94.6 Å². The van der Waals surface area contributed by atoms with Crippen LogP contribution in [0, 0.1) is 157 Å². The van der Waals surface area contributed by atoms with E-state index in [0.29, 0.717) is 27.8 Å². The Morgan fingerprint density at radius 3 is 1.06 bits per heavy atom. The number of hydrogen-bond donors (Lipinski definition) is 0. The molecule has 0 N–H and O–H groups in total. The average Bonchev–Trinajstić information content (AvgIpc) is 3.29. The molecular weight excluding hydrogens is 966 g/mol. The fraction of sp³-hybridized carbons (Fsp3) is 0.333. The molecule has 6 rings (SSSR count). The molecule has 0 unspecified atom stereocenters. The molecule has 0 heterocycles. The van der Waals surface area contributed by atoms with Gasteiger partial charge in [0.15, 0.2) is 40.7 Å². The molecule has 0 aliphatic rings. The Morgan fingerprint density at radius 2 is 0.671 bits per heavy atom. The van der Waals surface area contributed by atoms with Gasteiger partial charge in [0.1, 0.15) is 11.6 Å². The minimum Gasteiger partial charge on any atom is -0.403 e. The zero-order valence-corrected chi connectivity index (χ0v) is 42.5. The van der Waals surface area contributed by atoms with Gasteiger partial charge in [-0.25, -0.2) is 35.1 Å². The third kappa shape index (κ3) is 17.1. The van der Waals surface area contributed by atoms with Crippen molar-refractivity contribution in [1.82, 2.24) is 0 Å². The molecule has 0 aromatic heterocycles. The number of alkyl halides is 6. The first kappa shape index (κ1) is 62.4. The average molecular weight is 1020 g/mol. The minimum atomic E-state index is -4.86. The monoisotopic (exact) mass is 1020 g/mol. The summed E-state index contributed by atoms with van der Waals surface area (Å²) in [6.07, 6.45) is -9.47. The van der Waals surface area contributed by atoms with Crippen LogP contribution in [0.3, 0.4) is 0 Å². The fourth-order valence-corrected chi connectivity index (χ4v) is 6.15. The predicted octanol–water partition coefficient (Wildman–Crippen LogP) is 18.7. The van der Waals surface area contributed by atoms with Gasteiger partial charge in [0, 0.05) is 0 Å². The van der Waals surface area contributed by atoms with Gasteiger partial charge < -0.3 is 4.74 Å². The first-order valence-electron chi connectivity index (χ1n) is 21.2. The molecule has 0 aliphatic heterocycles. The normalized spacial score (nSPS) is 10.8. The highest BCUT2D eigenvalue weighted by Gasteiger charge is 2.35. The first-order valence-corrected chi connectivity index (χ1v) is 21.6. The summed E-state index contributed by atoms with van der Waals surface area (Å²) in [5.41, 5.74) is 12.1. The van der Waals surface area contributed by atoms with E-state index in [0.717, 1.165) is 35.4 Å². The van der Waals surface area contributed by atoms with Crippen LogP contribution in [0.2, 0.25) is 5.02 Å². The molecule has 0 bridgehead atoms. The smallest absolute Gasteiger partial charge is 0.403 e. The van der Waals surface area contributed by atoms with Crippen molar-refractivity contribution in [2.24, 2.45) is 0 Å². The molecule has 0 saturated heterocycles. The molecule has 0 radical (unpaired) electrons. The highest BCUT2D eigenvalue weighted by molar-refractivity contribution is 6.30. The summed E-state index contributed by atoms with van der Waals surface area (Å²) in [7, 11) is 0. The van der Waals surface area contributed by atoms with Crippen molar-refractivity contribution in [3.05, 3.63) is 201 Å². The molecular formula is C54H57ClF14O. The summed E-state index contributed by atoms with van der Waals surface area (Å²) in [5, 5.41) is 0.197. The molecule has 6 aromatic carbocycles. The molecule has 6 aromatic rings. The van der Waals surface area contributed by atoms with Crippen LogP contribution in [0.15, 0.2) is 54.6 Å². The third-order valence-corrected chi connectivity index (χ3v) is 12.4. The van der Waals surface area contributed by atoms with Crippen LogP contribution in [-0.2, 0) is 6.18 Å². The van der Waals surface area contributed by atoms with Gasteiger partial charge in [0.25, 0.3) is 0 Å². The molecule has 1 nitrogen and oxygen atoms in total. The van der Waals surface area contributed by atoms with Crippen LogP contribution in [0.25, 0.3) is 0 Å². The zero-order chi connectivity index (χ0) is 54.7. The summed E-state index contributed by atoms with van der Waals surface area (Å²) in [6.45, 7) is 29.0. The van der Waals surface area contributed by atoms with Gasteiger partial charge in [-0.2, -0.15) is 13.2 Å². The van der Waals surface area contributed by atoms with E-state index in [2.05, 4.69) is 46.3 Å². The van der Waals surface area contributed by atoms with Gasteiger partial charge >= 0.3 is 12.5 Å². The molecule has 0 aliphatic carbocycles. The second-order valence-corrected chi connectivity index (χ2v) is 16.9. The van der Waals surface area contributed by atoms with Crippen molar-refractivity contribution in [3.8, 4) is 5.75 Å². The number of aryl methyl sites for hydroxylation is 5. The maximum absolute atomic E-state index is 13.2. The Morgan fingerprint density at radius 1 is 0.329 bits per heavy atom. The lowest BCUT2D eigenvalue weighted by Gasteiger charge is -2.15. The van der Waals surface area contributed by atoms with Crippen molar-refractivity contribution in [2.75, 3.05) is 0 Å². The van der Waals surface area contributed by atoms with Crippen molar-refractivity contribution in [2.45, 2.75) is 123 Å². The number of ether oxygens (including phenoxy) is 1. The number of rotatable bonds is 1. The van der Waals surface area contributed by atoms with Crippen LogP contribution in [0.5, 0.6) is 5.75 Å². The third-order valence-electron chi connectivity index (χ3n) is 12.1. The quantitative estimate of drug-likeness (QED) is 0.118. The minimum absolute atomic E-state index is 0.0508. The topological polar surface area (TPSA) is 9.23 Å². The van der Waals surface area contributed by atoms with E-state index in [1.165, 1.54) is 73.2 Å². The lowest BCUT2D eigenvalue weighted by Crippen LogP contribution is -2.18. The maximum Gasteiger partial charge on any atom is 0.573 e. The lowest BCUT2D eigenvalue weighted by molar-refractivity contribution is -0.275. The Labute approximate surface area is 406 Å². The second-order valence-electron chi connectivity index (χ2n) is 16.5. The van der Waals surface area contributed by atoms with E-state index in [-0.39, 0.29) is 27.5 Å². The van der Waals surface area contributed by atoms with Crippen LogP contribution in [0.4, 0.5) is 61.5 Å². The predicted molar refractivity (Wildman–Crippen MR) is 251 cm³/mol. The van der Waals surface area contributed by atoms with Crippen molar-refractivity contribution < 1.29 is 66.2 Å². The molecule has 0 atom stereocenters. The van der Waals surface area contributed by atoms with Gasteiger partial charge in [-0.3, -0.25) is 0 Å². The number of hydrogen-bond acceptors (Lipinski definition) is 1. The van der Waals surface area contributed by atoms with E-state index < -0.39 is 64.6 Å². The van der Waals surface area contributed by atoms with Gasteiger partial charge in [-0.15, -0.1) is 13.2 Å². The summed E-state index contributed by atoms with van der Waals surface area (Å²) < 4.78 is 177. The molecule has 0 amide bonds. The first-order chi connectivity index (χ1) is 31.9. The van der Waals surface area contributed by atoms with Crippen molar-refractivity contribution in [3.63, 3.8) is 0 Å². The maximum atomic E-state index is 13.2. The van der Waals surface area contributed by atoms with E-state index in [1.807, 2.05) is 6.92 Å². The van der Waals surface area contributed by atoms with E-state index in [9.17, 15) is 61.5 Å². The Kier molecular flexibility index (Phi) is 23.2. The fourth-order valence-electron chi connectivity index (χ4n) is 5.95. The summed E-state index contributed by atoms with van der Waals surface area (Å²) in [6, 6.07) is 11.4. The van der Waals surface area contributed by atoms with Gasteiger partial charge in [-0.05, 0) is 230 Å². The number of benzene rings is 6. The Bertz CT molecular complexity index is 2530. The second kappa shape index (κ2) is 26.0. The Hall–Kier alpha value is -5.57. The van der Waals surface area contributed by atoms with E-state index in [1.54, 1.807) is 52.8 Å². The van der Waals surface area contributed by atoms with Crippen LogP contribution < -0.4 is 4.74 Å². The largest absolute Gasteiger partial charge is 0.573 e. The van der Waals surface area contributed by atoms with E-state index >= 15 is 0 Å². The zero-order valence-electron chi connectivity index (χ0n) is 41.8. The summed E-state index contributed by atoms with van der Waals surface area (Å²) in [4.78, 5) is 0. The van der Waals surface area contributed by atoms with E-state index in [4.69, 9.17) is 11.6 Å². The van der Waals surface area contributed by atoms with Gasteiger partial charge in [0.2, 0.25) is 0 Å². The summed E-state index contributed by atoms with van der Waals surface area (Å²) >= 11 is 5.51. The van der Waals surface area contributed by atoms with Crippen molar-refractivity contribution >= 4 is 11.6 Å². The highest BCUT2D eigenvalue weighted by Crippen LogP contribution is 2.33. The molecule has 0 fully saturated rings. The molecule has 70 heavy (non-hydrogen) atoms. The Balaban J connectivity index is 0.000000422. The summed E-state index contributed by atoms with van der Waals surface area (Å²) in [5.74, 6) is -8.37. The van der Waals surface area contributed by atoms with Gasteiger partial charge in [0.05, 0.1) is 10.6 Å².